The smallest absolute Gasteiger partial charge is 0.291 e. The van der Waals surface area contributed by atoms with Crippen LogP contribution >= 0.6 is 0 Å². The number of rotatable bonds is 4. The number of fused-ring (bicyclic) bond motifs is 2. The maximum absolute atomic E-state index is 12.4. The molecule has 9 nitrogen and oxygen atoms in total. The number of aromatic nitrogens is 7. The second kappa shape index (κ2) is 6.81. The zero-order valence-corrected chi connectivity index (χ0v) is 15.1. The molecule has 0 fully saturated rings. The molecule has 4 rings (SSSR count). The van der Waals surface area contributed by atoms with E-state index in [1.54, 1.807) is 4.52 Å². The Bertz CT molecular complexity index is 957. The molecule has 9 heteroatoms. The lowest BCUT2D eigenvalue weighted by Crippen LogP contribution is -2.27. The number of carbonyl (C=O) groups excluding carboxylic acids is 1. The summed E-state index contributed by atoms with van der Waals surface area (Å²) >= 11 is 0. The molecule has 0 aromatic carbocycles. The van der Waals surface area contributed by atoms with Gasteiger partial charge < -0.3 is 9.88 Å². The average molecular weight is 354 g/mol. The second-order valence-corrected chi connectivity index (χ2v) is 6.69. The van der Waals surface area contributed by atoms with E-state index in [1.807, 2.05) is 19.9 Å². The Kier molecular flexibility index (Phi) is 4.36. The monoisotopic (exact) mass is 354 g/mol. The van der Waals surface area contributed by atoms with Gasteiger partial charge in [0.05, 0.1) is 0 Å². The molecule has 1 N–H and O–H groups in total. The van der Waals surface area contributed by atoms with Gasteiger partial charge in [0.15, 0.2) is 0 Å². The first-order valence-corrected chi connectivity index (χ1v) is 9.02. The first-order chi connectivity index (χ1) is 12.6. The summed E-state index contributed by atoms with van der Waals surface area (Å²) in [6.45, 7) is 5.24. The lowest BCUT2D eigenvalue weighted by Gasteiger charge is -2.07. The van der Waals surface area contributed by atoms with E-state index in [0.717, 1.165) is 42.4 Å². The predicted molar refractivity (Wildman–Crippen MR) is 93.9 cm³/mol. The van der Waals surface area contributed by atoms with Gasteiger partial charge in [0, 0.05) is 37.3 Å². The Balaban J connectivity index is 1.42. The fourth-order valence-electron chi connectivity index (χ4n) is 3.36. The molecule has 4 heterocycles. The van der Waals surface area contributed by atoms with Gasteiger partial charge in [0.1, 0.15) is 11.6 Å². The van der Waals surface area contributed by atoms with E-state index in [1.165, 1.54) is 12.8 Å². The fraction of sp³-hybridized carbons (Fsp3) is 0.529. The van der Waals surface area contributed by atoms with Crippen LogP contribution in [-0.2, 0) is 19.4 Å². The van der Waals surface area contributed by atoms with Crippen LogP contribution in [0.2, 0.25) is 0 Å². The van der Waals surface area contributed by atoms with E-state index >= 15 is 0 Å². The minimum absolute atomic E-state index is 0.131. The molecule has 0 saturated heterocycles. The summed E-state index contributed by atoms with van der Waals surface area (Å²) in [6, 6.07) is 1.90. The van der Waals surface area contributed by atoms with Gasteiger partial charge in [-0.25, -0.2) is 9.50 Å². The summed E-state index contributed by atoms with van der Waals surface area (Å²) in [6.07, 6.45) is 5.17. The molecule has 0 radical (unpaired) electrons. The van der Waals surface area contributed by atoms with Crippen molar-refractivity contribution >= 4 is 11.7 Å². The first kappa shape index (κ1) is 16.6. The van der Waals surface area contributed by atoms with E-state index in [0.29, 0.717) is 18.7 Å². The Morgan fingerprint density at radius 2 is 2.08 bits per heavy atom. The van der Waals surface area contributed by atoms with Crippen LogP contribution in [0.15, 0.2) is 6.07 Å². The van der Waals surface area contributed by atoms with Crippen LogP contribution in [-0.4, -0.2) is 46.8 Å². The largest absolute Gasteiger partial charge is 0.349 e. The van der Waals surface area contributed by atoms with Crippen LogP contribution in [0, 0.1) is 13.8 Å². The Morgan fingerprint density at radius 3 is 2.96 bits per heavy atom. The molecule has 1 aliphatic rings. The van der Waals surface area contributed by atoms with Crippen LogP contribution in [0.5, 0.6) is 0 Å². The number of hydrogen-bond donors (Lipinski definition) is 1. The van der Waals surface area contributed by atoms with Gasteiger partial charge in [-0.3, -0.25) is 4.79 Å². The number of amides is 1. The van der Waals surface area contributed by atoms with Gasteiger partial charge in [-0.2, -0.15) is 4.98 Å². The highest BCUT2D eigenvalue weighted by molar-refractivity contribution is 5.90. The Hall–Kier alpha value is -2.84. The Labute approximate surface area is 150 Å². The third-order valence-electron chi connectivity index (χ3n) is 4.64. The van der Waals surface area contributed by atoms with E-state index in [4.69, 9.17) is 0 Å². The summed E-state index contributed by atoms with van der Waals surface area (Å²) in [5.74, 6) is 2.26. The highest BCUT2D eigenvalue weighted by Crippen LogP contribution is 2.14. The third-order valence-corrected chi connectivity index (χ3v) is 4.64. The van der Waals surface area contributed by atoms with Gasteiger partial charge in [0.2, 0.25) is 5.82 Å². The third kappa shape index (κ3) is 3.16. The Morgan fingerprint density at radius 1 is 1.19 bits per heavy atom. The molecule has 0 bridgehead atoms. The summed E-state index contributed by atoms with van der Waals surface area (Å²) in [4.78, 5) is 20.9. The molecule has 136 valence electrons. The maximum Gasteiger partial charge on any atom is 0.291 e. The van der Waals surface area contributed by atoms with Crippen molar-refractivity contribution in [2.24, 2.45) is 0 Å². The number of nitrogens with one attached hydrogen (secondary N) is 1. The van der Waals surface area contributed by atoms with Crippen molar-refractivity contribution in [3.05, 3.63) is 34.9 Å². The fourth-order valence-corrected chi connectivity index (χ4v) is 3.36. The van der Waals surface area contributed by atoms with Gasteiger partial charge in [0.25, 0.3) is 11.7 Å². The van der Waals surface area contributed by atoms with Crippen molar-refractivity contribution < 1.29 is 4.79 Å². The number of carbonyl (C=O) groups is 1. The molecule has 0 spiro atoms. The van der Waals surface area contributed by atoms with Crippen LogP contribution in [0.3, 0.4) is 0 Å². The van der Waals surface area contributed by atoms with Crippen LogP contribution in [0.4, 0.5) is 0 Å². The first-order valence-electron chi connectivity index (χ1n) is 9.02. The highest BCUT2D eigenvalue weighted by atomic mass is 16.2. The zero-order chi connectivity index (χ0) is 18.1. The number of aryl methyl sites for hydroxylation is 3. The lowest BCUT2D eigenvalue weighted by molar-refractivity contribution is 0.0943. The summed E-state index contributed by atoms with van der Waals surface area (Å²) in [5, 5.41) is 15.7. The number of nitrogens with zero attached hydrogens (tertiary/aromatic N) is 7. The summed E-state index contributed by atoms with van der Waals surface area (Å²) in [5.41, 5.74) is 1.74. The van der Waals surface area contributed by atoms with Crippen molar-refractivity contribution in [2.45, 2.75) is 52.5 Å². The summed E-state index contributed by atoms with van der Waals surface area (Å²) < 4.78 is 3.78. The van der Waals surface area contributed by atoms with Gasteiger partial charge in [-0.05, 0) is 32.8 Å². The van der Waals surface area contributed by atoms with Crippen molar-refractivity contribution in [1.29, 1.82) is 0 Å². The molecule has 3 aromatic heterocycles. The minimum atomic E-state index is -0.303. The lowest BCUT2D eigenvalue weighted by atomic mass is 10.2. The highest BCUT2D eigenvalue weighted by Gasteiger charge is 2.17. The van der Waals surface area contributed by atoms with E-state index in [-0.39, 0.29) is 11.7 Å². The van der Waals surface area contributed by atoms with Gasteiger partial charge in [-0.15, -0.1) is 15.3 Å². The van der Waals surface area contributed by atoms with Crippen molar-refractivity contribution in [1.82, 2.24) is 39.7 Å². The molecule has 0 aliphatic carbocycles. The normalized spacial score (nSPS) is 14.2. The standard InChI is InChI=1S/C17H22N8O/c1-11-10-12(2)25-17(19-11)20-15(23-25)16(26)18-8-7-14-22-21-13-6-4-3-5-9-24(13)14/h10H,3-9H2,1-2H3,(H,18,26). The molecule has 1 amide bonds. The van der Waals surface area contributed by atoms with E-state index in [2.05, 4.69) is 35.1 Å². The molecule has 0 unspecified atom stereocenters. The van der Waals surface area contributed by atoms with Crippen molar-refractivity contribution in [3.63, 3.8) is 0 Å². The number of hydrogen-bond acceptors (Lipinski definition) is 6. The van der Waals surface area contributed by atoms with Crippen LogP contribution in [0.25, 0.3) is 5.78 Å². The zero-order valence-electron chi connectivity index (χ0n) is 15.1. The maximum atomic E-state index is 12.4. The molecule has 3 aromatic rings. The van der Waals surface area contributed by atoms with Gasteiger partial charge in [-0.1, -0.05) is 6.42 Å². The second-order valence-electron chi connectivity index (χ2n) is 6.69. The quantitative estimate of drug-likeness (QED) is 0.751. The summed E-state index contributed by atoms with van der Waals surface area (Å²) in [7, 11) is 0. The van der Waals surface area contributed by atoms with Gasteiger partial charge >= 0.3 is 0 Å². The van der Waals surface area contributed by atoms with Crippen molar-refractivity contribution in [3.8, 4) is 0 Å². The predicted octanol–water partition coefficient (Wildman–Crippen LogP) is 1.03. The topological polar surface area (TPSA) is 103 Å². The molecular weight excluding hydrogens is 332 g/mol. The molecular formula is C17H22N8O. The van der Waals surface area contributed by atoms with Crippen LogP contribution < -0.4 is 5.32 Å². The molecule has 0 atom stereocenters. The van der Waals surface area contributed by atoms with Crippen molar-refractivity contribution in [2.75, 3.05) is 6.54 Å². The minimum Gasteiger partial charge on any atom is -0.349 e. The SMILES string of the molecule is Cc1cc(C)n2nc(C(=O)NCCc3nnc4n3CCCCC4)nc2n1. The molecule has 1 aliphatic heterocycles. The van der Waals surface area contributed by atoms with E-state index in [9.17, 15) is 4.79 Å². The molecule has 26 heavy (non-hydrogen) atoms. The van der Waals surface area contributed by atoms with E-state index < -0.39 is 0 Å². The average Bonchev–Trinajstić information content (AvgIpc) is 3.12. The molecule has 0 saturated carbocycles. The van der Waals surface area contributed by atoms with Crippen LogP contribution in [0.1, 0.15) is 52.9 Å².